The highest BCUT2D eigenvalue weighted by molar-refractivity contribution is 6.30. The van der Waals surface area contributed by atoms with Gasteiger partial charge in [0.15, 0.2) is 0 Å². The lowest BCUT2D eigenvalue weighted by Gasteiger charge is -2.14. The molecule has 0 fully saturated rings. The van der Waals surface area contributed by atoms with Gasteiger partial charge in [-0.15, -0.1) is 0 Å². The van der Waals surface area contributed by atoms with Gasteiger partial charge in [-0.3, -0.25) is 9.78 Å². The van der Waals surface area contributed by atoms with Crippen LogP contribution in [-0.2, 0) is 6.54 Å². The Bertz CT molecular complexity index is 1110. The molecule has 0 aliphatic heterocycles. The van der Waals surface area contributed by atoms with Crippen LogP contribution >= 0.6 is 11.6 Å². The Labute approximate surface area is 168 Å². The highest BCUT2D eigenvalue weighted by Crippen LogP contribution is 2.19. The first-order chi connectivity index (χ1) is 13.6. The molecule has 5 nitrogen and oxygen atoms in total. The zero-order valence-corrected chi connectivity index (χ0v) is 16.1. The first-order valence-electron chi connectivity index (χ1n) is 9.00. The quantitative estimate of drug-likeness (QED) is 0.540. The van der Waals surface area contributed by atoms with Crippen molar-refractivity contribution in [2.45, 2.75) is 19.5 Å². The van der Waals surface area contributed by atoms with Crippen LogP contribution in [0.1, 0.15) is 34.5 Å². The van der Waals surface area contributed by atoms with Crippen molar-refractivity contribution in [1.29, 1.82) is 0 Å². The normalized spacial score (nSPS) is 12.1. The Kier molecular flexibility index (Phi) is 5.08. The third-order valence-corrected chi connectivity index (χ3v) is 4.93. The number of rotatable bonds is 5. The topological polar surface area (TPSA) is 59.8 Å². The second kappa shape index (κ2) is 7.82. The van der Waals surface area contributed by atoms with Gasteiger partial charge < -0.3 is 9.88 Å². The Hall–Kier alpha value is -3.18. The van der Waals surface area contributed by atoms with E-state index in [1.807, 2.05) is 61.5 Å². The maximum Gasteiger partial charge on any atom is 0.251 e. The van der Waals surface area contributed by atoms with Crippen LogP contribution in [-0.4, -0.2) is 20.4 Å². The standard InChI is InChI=1S/C22H19ClN4O/c1-15(18-3-2-10-24-12-18)26-22(28)17-6-9-21-20(11-17)25-14-27(21)13-16-4-7-19(23)8-5-16/h2-12,14-15H,13H2,1H3,(H,26,28). The van der Waals surface area contributed by atoms with Gasteiger partial charge in [0.25, 0.3) is 5.91 Å². The second-order valence-corrected chi connectivity index (χ2v) is 7.12. The van der Waals surface area contributed by atoms with Gasteiger partial charge in [0.1, 0.15) is 0 Å². The number of pyridine rings is 1. The number of hydrogen-bond acceptors (Lipinski definition) is 3. The van der Waals surface area contributed by atoms with Gasteiger partial charge in [-0.25, -0.2) is 4.98 Å². The summed E-state index contributed by atoms with van der Waals surface area (Å²) in [6.07, 6.45) is 5.26. The molecule has 0 saturated heterocycles. The molecule has 1 amide bonds. The van der Waals surface area contributed by atoms with E-state index in [1.165, 1.54) is 0 Å². The van der Waals surface area contributed by atoms with Crippen molar-refractivity contribution in [1.82, 2.24) is 19.9 Å². The third kappa shape index (κ3) is 3.89. The molecule has 2 heterocycles. The molecular weight excluding hydrogens is 372 g/mol. The molecule has 1 N–H and O–H groups in total. The largest absolute Gasteiger partial charge is 0.345 e. The minimum atomic E-state index is -0.134. The van der Waals surface area contributed by atoms with Crippen LogP contribution in [0, 0.1) is 0 Å². The van der Waals surface area contributed by atoms with Crippen LogP contribution in [0.2, 0.25) is 5.02 Å². The van der Waals surface area contributed by atoms with E-state index in [-0.39, 0.29) is 11.9 Å². The summed E-state index contributed by atoms with van der Waals surface area (Å²) in [5, 5.41) is 3.72. The molecule has 1 unspecified atom stereocenters. The number of fused-ring (bicyclic) bond motifs is 1. The summed E-state index contributed by atoms with van der Waals surface area (Å²) in [5.41, 5.74) is 4.45. The van der Waals surface area contributed by atoms with Gasteiger partial charge >= 0.3 is 0 Å². The number of aromatic nitrogens is 3. The minimum Gasteiger partial charge on any atom is -0.345 e. The number of amides is 1. The Balaban J connectivity index is 1.52. The van der Waals surface area contributed by atoms with Crippen molar-refractivity contribution < 1.29 is 4.79 Å². The molecule has 140 valence electrons. The fourth-order valence-electron chi connectivity index (χ4n) is 3.11. The first-order valence-corrected chi connectivity index (χ1v) is 9.38. The summed E-state index contributed by atoms with van der Waals surface area (Å²) < 4.78 is 2.05. The maximum absolute atomic E-state index is 12.6. The van der Waals surface area contributed by atoms with Crippen molar-refractivity contribution >= 4 is 28.5 Å². The van der Waals surface area contributed by atoms with Crippen LogP contribution in [0.5, 0.6) is 0 Å². The molecule has 0 spiro atoms. The Morgan fingerprint density at radius 2 is 2.00 bits per heavy atom. The van der Waals surface area contributed by atoms with Gasteiger partial charge in [0.2, 0.25) is 0 Å². The second-order valence-electron chi connectivity index (χ2n) is 6.68. The molecule has 1 atom stereocenters. The van der Waals surface area contributed by atoms with Crippen molar-refractivity contribution in [3.63, 3.8) is 0 Å². The van der Waals surface area contributed by atoms with E-state index < -0.39 is 0 Å². The van der Waals surface area contributed by atoms with Gasteiger partial charge in [-0.1, -0.05) is 29.8 Å². The highest BCUT2D eigenvalue weighted by atomic mass is 35.5. The molecule has 0 radical (unpaired) electrons. The van der Waals surface area contributed by atoms with Crippen LogP contribution in [0.25, 0.3) is 11.0 Å². The van der Waals surface area contributed by atoms with E-state index in [4.69, 9.17) is 11.6 Å². The minimum absolute atomic E-state index is 0.126. The summed E-state index contributed by atoms with van der Waals surface area (Å²) in [6.45, 7) is 2.63. The first kappa shape index (κ1) is 18.2. The third-order valence-electron chi connectivity index (χ3n) is 4.68. The van der Waals surface area contributed by atoms with Gasteiger partial charge in [0.05, 0.1) is 23.4 Å². The highest BCUT2D eigenvalue weighted by Gasteiger charge is 2.13. The van der Waals surface area contributed by atoms with E-state index in [0.717, 1.165) is 27.2 Å². The van der Waals surface area contributed by atoms with Crippen molar-refractivity contribution in [2.75, 3.05) is 0 Å². The number of halogens is 1. The van der Waals surface area contributed by atoms with E-state index in [1.54, 1.807) is 18.7 Å². The average Bonchev–Trinajstić information content (AvgIpc) is 3.12. The smallest absolute Gasteiger partial charge is 0.251 e. The summed E-state index contributed by atoms with van der Waals surface area (Å²) >= 11 is 5.95. The number of nitrogens with zero attached hydrogens (tertiary/aromatic N) is 3. The maximum atomic E-state index is 12.6. The van der Waals surface area contributed by atoms with Gasteiger partial charge in [0, 0.05) is 29.5 Å². The number of benzene rings is 2. The fraction of sp³-hybridized carbons (Fsp3) is 0.136. The Morgan fingerprint density at radius 1 is 1.18 bits per heavy atom. The molecule has 28 heavy (non-hydrogen) atoms. The number of imidazole rings is 1. The molecule has 6 heteroatoms. The molecular formula is C22H19ClN4O. The number of carbonyl (C=O) groups is 1. The SMILES string of the molecule is CC(NC(=O)c1ccc2c(c1)ncn2Cc1ccc(Cl)cc1)c1cccnc1. The van der Waals surface area contributed by atoms with Crippen molar-refractivity contribution in [3.05, 3.63) is 95.0 Å². The lowest BCUT2D eigenvalue weighted by molar-refractivity contribution is 0.0940. The average molecular weight is 391 g/mol. The summed E-state index contributed by atoms with van der Waals surface area (Å²) in [7, 11) is 0. The molecule has 4 rings (SSSR count). The van der Waals surface area contributed by atoms with E-state index in [9.17, 15) is 4.79 Å². The van der Waals surface area contributed by atoms with Crippen molar-refractivity contribution in [3.8, 4) is 0 Å². The van der Waals surface area contributed by atoms with Gasteiger partial charge in [-0.05, 0) is 54.4 Å². The van der Waals surface area contributed by atoms with Crippen LogP contribution in [0.15, 0.2) is 73.3 Å². The zero-order chi connectivity index (χ0) is 19.5. The molecule has 0 saturated carbocycles. The summed E-state index contributed by atoms with van der Waals surface area (Å²) in [4.78, 5) is 21.2. The van der Waals surface area contributed by atoms with E-state index in [0.29, 0.717) is 12.1 Å². The Morgan fingerprint density at radius 3 is 2.75 bits per heavy atom. The summed E-state index contributed by atoms with van der Waals surface area (Å²) in [6, 6.07) is 17.0. The predicted octanol–water partition coefficient (Wildman–Crippen LogP) is 4.62. The molecule has 2 aromatic carbocycles. The lowest BCUT2D eigenvalue weighted by Crippen LogP contribution is -2.26. The van der Waals surface area contributed by atoms with Crippen LogP contribution in [0.4, 0.5) is 0 Å². The lowest BCUT2D eigenvalue weighted by atomic mass is 10.1. The molecule has 0 bridgehead atoms. The van der Waals surface area contributed by atoms with E-state index >= 15 is 0 Å². The number of nitrogens with one attached hydrogen (secondary N) is 1. The number of hydrogen-bond donors (Lipinski definition) is 1. The van der Waals surface area contributed by atoms with Crippen LogP contribution < -0.4 is 5.32 Å². The molecule has 4 aromatic rings. The predicted molar refractivity (Wildman–Crippen MR) is 110 cm³/mol. The van der Waals surface area contributed by atoms with Crippen LogP contribution in [0.3, 0.4) is 0 Å². The molecule has 2 aromatic heterocycles. The monoisotopic (exact) mass is 390 g/mol. The summed E-state index contributed by atoms with van der Waals surface area (Å²) in [5.74, 6) is -0.134. The zero-order valence-electron chi connectivity index (χ0n) is 15.3. The van der Waals surface area contributed by atoms with E-state index in [2.05, 4.69) is 19.9 Å². The molecule has 0 aliphatic rings. The molecule has 0 aliphatic carbocycles. The number of carbonyl (C=O) groups excluding carboxylic acids is 1. The van der Waals surface area contributed by atoms with Gasteiger partial charge in [-0.2, -0.15) is 0 Å². The van der Waals surface area contributed by atoms with Crippen molar-refractivity contribution in [2.24, 2.45) is 0 Å². The fourth-order valence-corrected chi connectivity index (χ4v) is 3.24.